The Morgan fingerprint density at radius 1 is 1.25 bits per heavy atom. The molecule has 3 rings (SSSR count). The van der Waals surface area contributed by atoms with Crippen molar-refractivity contribution in [1.82, 2.24) is 20.1 Å². The molecule has 2 aromatic heterocycles. The summed E-state index contributed by atoms with van der Waals surface area (Å²) in [5.41, 5.74) is 3.82. The van der Waals surface area contributed by atoms with Crippen LogP contribution in [0.15, 0.2) is 55.0 Å². The lowest BCUT2D eigenvalue weighted by Crippen LogP contribution is -2.21. The van der Waals surface area contributed by atoms with Crippen molar-refractivity contribution in [1.29, 1.82) is 0 Å². The number of aliphatic hydroxyl groups is 1. The number of rotatable bonds is 6. The van der Waals surface area contributed by atoms with E-state index in [1.807, 2.05) is 37.5 Å². The fourth-order valence-electron chi connectivity index (χ4n) is 2.60. The Morgan fingerprint density at radius 2 is 2.04 bits per heavy atom. The van der Waals surface area contributed by atoms with Crippen LogP contribution in [0, 0.1) is 0 Å². The summed E-state index contributed by atoms with van der Waals surface area (Å²) in [6.07, 6.45) is 4.88. The van der Waals surface area contributed by atoms with E-state index in [1.165, 1.54) is 0 Å². The quantitative estimate of drug-likeness (QED) is 0.723. The maximum Gasteiger partial charge on any atom is 0.0969 e. The van der Waals surface area contributed by atoms with Gasteiger partial charge < -0.3 is 10.4 Å². The summed E-state index contributed by atoms with van der Waals surface area (Å²) in [6.45, 7) is 1.05. The van der Waals surface area contributed by atoms with Crippen molar-refractivity contribution >= 4 is 11.6 Å². The zero-order chi connectivity index (χ0) is 16.9. The van der Waals surface area contributed by atoms with Gasteiger partial charge in [0.2, 0.25) is 0 Å². The van der Waals surface area contributed by atoms with E-state index in [9.17, 15) is 5.11 Å². The molecule has 24 heavy (non-hydrogen) atoms. The standard InChI is InChI=1S/C18H19ClN4O/c1-23-12-15(18(22-23)13-5-7-20-8-6-13)10-21-11-17(24)14-3-2-4-16(19)9-14/h2-9,12,17,21,24H,10-11H2,1H3/t17-/m1/s1. The molecular weight excluding hydrogens is 324 g/mol. The monoisotopic (exact) mass is 342 g/mol. The minimum Gasteiger partial charge on any atom is -0.387 e. The molecule has 6 heteroatoms. The average Bonchev–Trinajstić information content (AvgIpc) is 2.96. The second kappa shape index (κ2) is 7.57. The lowest BCUT2D eigenvalue weighted by molar-refractivity contribution is 0.174. The molecule has 5 nitrogen and oxygen atoms in total. The number of aryl methyl sites for hydroxylation is 1. The van der Waals surface area contributed by atoms with E-state index in [-0.39, 0.29) is 0 Å². The number of halogens is 1. The Balaban J connectivity index is 1.65. The highest BCUT2D eigenvalue weighted by molar-refractivity contribution is 6.30. The van der Waals surface area contributed by atoms with Crippen LogP contribution in [0.1, 0.15) is 17.2 Å². The highest BCUT2D eigenvalue weighted by Crippen LogP contribution is 2.21. The van der Waals surface area contributed by atoms with Gasteiger partial charge in [0, 0.05) is 54.9 Å². The van der Waals surface area contributed by atoms with Gasteiger partial charge in [-0.25, -0.2) is 0 Å². The van der Waals surface area contributed by atoms with Crippen LogP contribution in [0.2, 0.25) is 5.02 Å². The number of hydrogen-bond acceptors (Lipinski definition) is 4. The van der Waals surface area contributed by atoms with Gasteiger partial charge in [0.05, 0.1) is 11.8 Å². The predicted molar refractivity (Wildman–Crippen MR) is 94.6 cm³/mol. The highest BCUT2D eigenvalue weighted by Gasteiger charge is 2.12. The number of nitrogens with one attached hydrogen (secondary N) is 1. The van der Waals surface area contributed by atoms with E-state index in [4.69, 9.17) is 11.6 Å². The van der Waals surface area contributed by atoms with E-state index in [2.05, 4.69) is 15.4 Å². The number of benzene rings is 1. The average molecular weight is 343 g/mol. The summed E-state index contributed by atoms with van der Waals surface area (Å²) in [5.74, 6) is 0. The summed E-state index contributed by atoms with van der Waals surface area (Å²) in [5, 5.41) is 18.7. The molecule has 0 unspecified atom stereocenters. The third-order valence-corrected chi connectivity index (χ3v) is 3.98. The fourth-order valence-corrected chi connectivity index (χ4v) is 2.79. The molecule has 1 atom stereocenters. The number of aliphatic hydroxyl groups excluding tert-OH is 1. The minimum absolute atomic E-state index is 0.436. The molecule has 2 heterocycles. The number of hydrogen-bond donors (Lipinski definition) is 2. The normalized spacial score (nSPS) is 12.3. The molecule has 0 aliphatic rings. The van der Waals surface area contributed by atoms with Crippen molar-refractivity contribution in [2.75, 3.05) is 6.54 Å². The highest BCUT2D eigenvalue weighted by atomic mass is 35.5. The molecule has 124 valence electrons. The molecular formula is C18H19ClN4O. The van der Waals surface area contributed by atoms with E-state index in [0.29, 0.717) is 18.1 Å². The topological polar surface area (TPSA) is 63.0 Å². The van der Waals surface area contributed by atoms with Gasteiger partial charge >= 0.3 is 0 Å². The van der Waals surface area contributed by atoms with Gasteiger partial charge in [-0.3, -0.25) is 9.67 Å². The number of pyridine rings is 1. The Hall–Kier alpha value is -2.21. The van der Waals surface area contributed by atoms with Crippen LogP contribution >= 0.6 is 11.6 Å². The smallest absolute Gasteiger partial charge is 0.0969 e. The van der Waals surface area contributed by atoms with Gasteiger partial charge in [0.1, 0.15) is 0 Å². The van der Waals surface area contributed by atoms with Crippen LogP contribution in [0.4, 0.5) is 0 Å². The first-order valence-electron chi connectivity index (χ1n) is 7.70. The third-order valence-electron chi connectivity index (χ3n) is 3.74. The molecule has 0 radical (unpaired) electrons. The van der Waals surface area contributed by atoms with Crippen molar-refractivity contribution in [2.24, 2.45) is 7.05 Å². The zero-order valence-electron chi connectivity index (χ0n) is 13.4. The Bertz CT molecular complexity index is 804. The number of aromatic nitrogens is 3. The summed E-state index contributed by atoms with van der Waals surface area (Å²) < 4.78 is 1.79. The van der Waals surface area contributed by atoms with E-state index in [0.717, 1.165) is 22.4 Å². The Morgan fingerprint density at radius 3 is 2.79 bits per heavy atom. The van der Waals surface area contributed by atoms with Crippen molar-refractivity contribution in [3.63, 3.8) is 0 Å². The van der Waals surface area contributed by atoms with Crippen LogP contribution in [-0.4, -0.2) is 26.4 Å². The Kier molecular flexibility index (Phi) is 5.25. The molecule has 0 aliphatic heterocycles. The molecule has 3 aromatic rings. The first-order chi connectivity index (χ1) is 11.6. The maximum atomic E-state index is 10.3. The van der Waals surface area contributed by atoms with E-state index >= 15 is 0 Å². The SMILES string of the molecule is Cn1cc(CNC[C@@H](O)c2cccc(Cl)c2)c(-c2ccncc2)n1. The van der Waals surface area contributed by atoms with Crippen LogP contribution in [0.5, 0.6) is 0 Å². The molecule has 0 aliphatic carbocycles. The Labute approximate surface area is 145 Å². The molecule has 0 saturated heterocycles. The van der Waals surface area contributed by atoms with Crippen LogP contribution < -0.4 is 5.32 Å². The van der Waals surface area contributed by atoms with E-state index < -0.39 is 6.10 Å². The molecule has 0 bridgehead atoms. The lowest BCUT2D eigenvalue weighted by atomic mass is 10.1. The first-order valence-corrected chi connectivity index (χ1v) is 8.08. The van der Waals surface area contributed by atoms with Gasteiger partial charge in [-0.1, -0.05) is 23.7 Å². The summed E-state index contributed by atoms with van der Waals surface area (Å²) in [7, 11) is 1.90. The van der Waals surface area contributed by atoms with Gasteiger partial charge in [0.15, 0.2) is 0 Å². The molecule has 0 amide bonds. The minimum atomic E-state index is -0.607. The molecule has 0 fully saturated rings. The zero-order valence-corrected chi connectivity index (χ0v) is 14.1. The van der Waals surface area contributed by atoms with Crippen molar-refractivity contribution < 1.29 is 5.11 Å². The van der Waals surface area contributed by atoms with Gasteiger partial charge in [-0.05, 0) is 29.8 Å². The van der Waals surface area contributed by atoms with Crippen molar-refractivity contribution in [2.45, 2.75) is 12.6 Å². The summed E-state index contributed by atoms with van der Waals surface area (Å²) in [4.78, 5) is 4.04. The first kappa shape index (κ1) is 16.6. The number of nitrogens with zero attached hydrogens (tertiary/aromatic N) is 3. The third kappa shape index (κ3) is 4.00. The summed E-state index contributed by atoms with van der Waals surface area (Å²) >= 11 is 5.96. The second-order valence-corrected chi connectivity index (χ2v) is 6.05. The lowest BCUT2D eigenvalue weighted by Gasteiger charge is -2.12. The van der Waals surface area contributed by atoms with Crippen LogP contribution in [0.3, 0.4) is 0 Å². The van der Waals surface area contributed by atoms with Gasteiger partial charge in [-0.15, -0.1) is 0 Å². The van der Waals surface area contributed by atoms with E-state index in [1.54, 1.807) is 29.2 Å². The van der Waals surface area contributed by atoms with Crippen LogP contribution in [0.25, 0.3) is 11.3 Å². The van der Waals surface area contributed by atoms with Crippen LogP contribution in [-0.2, 0) is 13.6 Å². The fraction of sp³-hybridized carbons (Fsp3) is 0.222. The molecule has 0 saturated carbocycles. The molecule has 1 aromatic carbocycles. The predicted octanol–water partition coefficient (Wildman–Crippen LogP) is 2.96. The second-order valence-electron chi connectivity index (χ2n) is 5.61. The maximum absolute atomic E-state index is 10.3. The van der Waals surface area contributed by atoms with Gasteiger partial charge in [-0.2, -0.15) is 5.10 Å². The molecule has 0 spiro atoms. The van der Waals surface area contributed by atoms with Crippen molar-refractivity contribution in [3.05, 3.63) is 71.1 Å². The summed E-state index contributed by atoms with van der Waals surface area (Å²) in [6, 6.07) is 11.1. The van der Waals surface area contributed by atoms with Gasteiger partial charge in [0.25, 0.3) is 0 Å². The molecule has 2 N–H and O–H groups in total. The largest absolute Gasteiger partial charge is 0.387 e. The van der Waals surface area contributed by atoms with Crippen molar-refractivity contribution in [3.8, 4) is 11.3 Å².